The largest absolute Gasteiger partial charge is 0.409 e. The fourth-order valence-electron chi connectivity index (χ4n) is 2.26. The van der Waals surface area contributed by atoms with Gasteiger partial charge >= 0.3 is 0 Å². The first kappa shape index (κ1) is 13.4. The molecule has 102 valence electrons. The quantitative estimate of drug-likeness (QED) is 0.364. The normalized spacial score (nSPS) is 22.1. The minimum absolute atomic E-state index is 0.0830. The maximum atomic E-state index is 12.2. The zero-order valence-electron chi connectivity index (χ0n) is 11.0. The van der Waals surface area contributed by atoms with Crippen molar-refractivity contribution in [1.29, 1.82) is 0 Å². The molecule has 5 heteroatoms. The van der Waals surface area contributed by atoms with E-state index in [0.29, 0.717) is 18.9 Å². The van der Waals surface area contributed by atoms with E-state index in [0.717, 1.165) is 6.42 Å². The maximum absolute atomic E-state index is 12.2. The second-order valence-corrected chi connectivity index (χ2v) is 4.96. The third-order valence-corrected chi connectivity index (χ3v) is 3.54. The number of carbonyl (C=O) groups excluding carboxylic acids is 1. The highest BCUT2D eigenvalue weighted by atomic mass is 16.4. The first-order valence-electron chi connectivity index (χ1n) is 6.39. The van der Waals surface area contributed by atoms with Crippen molar-refractivity contribution >= 4 is 11.7 Å². The van der Waals surface area contributed by atoms with Crippen LogP contribution in [0.2, 0.25) is 0 Å². The minimum atomic E-state index is 0.0830. The number of hydrogen-bond donors (Lipinski definition) is 2. The van der Waals surface area contributed by atoms with E-state index in [9.17, 15) is 4.79 Å². The van der Waals surface area contributed by atoms with Crippen molar-refractivity contribution < 1.29 is 10.0 Å². The molecule has 0 radical (unpaired) electrons. The Bertz CT molecular complexity index is 473. The van der Waals surface area contributed by atoms with Crippen LogP contribution in [0.3, 0.4) is 0 Å². The fraction of sp³-hybridized carbons (Fsp3) is 0.429. The van der Waals surface area contributed by atoms with E-state index in [1.807, 2.05) is 18.2 Å². The minimum Gasteiger partial charge on any atom is -0.409 e. The highest BCUT2D eigenvalue weighted by Gasteiger charge is 2.44. The first-order chi connectivity index (χ1) is 9.13. The van der Waals surface area contributed by atoms with Crippen LogP contribution in [0.4, 0.5) is 0 Å². The van der Waals surface area contributed by atoms with Crippen LogP contribution >= 0.6 is 0 Å². The van der Waals surface area contributed by atoms with E-state index >= 15 is 0 Å². The molecule has 0 aliphatic heterocycles. The Balaban J connectivity index is 1.85. The van der Waals surface area contributed by atoms with Crippen molar-refractivity contribution in [2.45, 2.75) is 18.8 Å². The average molecular weight is 261 g/mol. The van der Waals surface area contributed by atoms with Crippen LogP contribution in [0.15, 0.2) is 35.5 Å². The lowest BCUT2D eigenvalue weighted by molar-refractivity contribution is -0.131. The van der Waals surface area contributed by atoms with Crippen LogP contribution in [-0.4, -0.2) is 35.4 Å². The predicted molar refractivity (Wildman–Crippen MR) is 73.0 cm³/mol. The second-order valence-electron chi connectivity index (χ2n) is 4.96. The van der Waals surface area contributed by atoms with Gasteiger partial charge < -0.3 is 15.8 Å². The second kappa shape index (κ2) is 5.73. The summed E-state index contributed by atoms with van der Waals surface area (Å²) in [7, 11) is 1.76. The van der Waals surface area contributed by atoms with Crippen molar-refractivity contribution in [3.05, 3.63) is 35.9 Å². The van der Waals surface area contributed by atoms with E-state index in [4.69, 9.17) is 10.9 Å². The molecule has 1 aromatic carbocycles. The Labute approximate surface area is 112 Å². The van der Waals surface area contributed by atoms with Crippen molar-refractivity contribution in [2.75, 3.05) is 13.6 Å². The van der Waals surface area contributed by atoms with Crippen LogP contribution in [0.25, 0.3) is 0 Å². The van der Waals surface area contributed by atoms with E-state index in [1.54, 1.807) is 11.9 Å². The molecule has 5 nitrogen and oxygen atoms in total. The summed E-state index contributed by atoms with van der Waals surface area (Å²) in [4.78, 5) is 13.8. The molecule has 1 aromatic rings. The zero-order chi connectivity index (χ0) is 13.8. The Hall–Kier alpha value is -2.04. The third kappa shape index (κ3) is 3.24. The molecule has 1 saturated carbocycles. The van der Waals surface area contributed by atoms with Gasteiger partial charge in [0.1, 0.15) is 5.84 Å². The van der Waals surface area contributed by atoms with Gasteiger partial charge in [0, 0.05) is 25.9 Å². The van der Waals surface area contributed by atoms with Crippen LogP contribution in [-0.2, 0) is 4.79 Å². The summed E-state index contributed by atoms with van der Waals surface area (Å²) >= 11 is 0. The van der Waals surface area contributed by atoms with E-state index < -0.39 is 0 Å². The molecule has 2 unspecified atom stereocenters. The summed E-state index contributed by atoms with van der Waals surface area (Å²) in [5.74, 6) is 0.717. The molecule has 1 aliphatic rings. The third-order valence-electron chi connectivity index (χ3n) is 3.54. The van der Waals surface area contributed by atoms with Crippen LogP contribution in [0.5, 0.6) is 0 Å². The lowest BCUT2D eigenvalue weighted by atomic mass is 10.1. The number of oxime groups is 1. The lowest BCUT2D eigenvalue weighted by Gasteiger charge is -2.16. The Morgan fingerprint density at radius 3 is 2.79 bits per heavy atom. The van der Waals surface area contributed by atoms with Gasteiger partial charge in [0.2, 0.25) is 5.91 Å². The van der Waals surface area contributed by atoms with E-state index in [1.165, 1.54) is 5.56 Å². The van der Waals surface area contributed by atoms with E-state index in [-0.39, 0.29) is 17.7 Å². The molecule has 0 spiro atoms. The number of nitrogens with zero attached hydrogens (tertiary/aromatic N) is 2. The van der Waals surface area contributed by atoms with Gasteiger partial charge in [0.25, 0.3) is 0 Å². The molecule has 0 aromatic heterocycles. The Morgan fingerprint density at radius 1 is 1.47 bits per heavy atom. The highest BCUT2D eigenvalue weighted by Crippen LogP contribution is 2.48. The number of benzene rings is 1. The molecule has 0 heterocycles. The number of amides is 1. The summed E-state index contributed by atoms with van der Waals surface area (Å²) in [6.45, 7) is 0.479. The zero-order valence-corrected chi connectivity index (χ0v) is 11.0. The SMILES string of the molecule is CN(CC/C(N)=N/O)C(=O)C1CC1c1ccccc1. The van der Waals surface area contributed by atoms with Crippen molar-refractivity contribution in [3.63, 3.8) is 0 Å². The van der Waals surface area contributed by atoms with Gasteiger partial charge in [-0.3, -0.25) is 4.79 Å². The molecule has 19 heavy (non-hydrogen) atoms. The fourth-order valence-corrected chi connectivity index (χ4v) is 2.26. The summed E-state index contributed by atoms with van der Waals surface area (Å²) in [6.07, 6.45) is 1.30. The number of amidine groups is 1. The Morgan fingerprint density at radius 2 is 2.16 bits per heavy atom. The van der Waals surface area contributed by atoms with Gasteiger partial charge in [-0.15, -0.1) is 0 Å². The molecule has 2 atom stereocenters. The number of nitrogens with two attached hydrogens (primary N) is 1. The van der Waals surface area contributed by atoms with E-state index in [2.05, 4.69) is 17.3 Å². The summed E-state index contributed by atoms with van der Waals surface area (Å²) in [5.41, 5.74) is 6.62. The standard InChI is InChI=1S/C14H19N3O2/c1-17(8-7-13(15)16-19)14(18)12-9-11(12)10-5-3-2-4-6-10/h2-6,11-12,19H,7-9H2,1H3,(H2,15,16). The molecule has 0 saturated heterocycles. The lowest BCUT2D eigenvalue weighted by Crippen LogP contribution is -2.31. The molecule has 2 rings (SSSR count). The first-order valence-corrected chi connectivity index (χ1v) is 6.39. The highest BCUT2D eigenvalue weighted by molar-refractivity contribution is 5.84. The smallest absolute Gasteiger partial charge is 0.226 e. The molecular weight excluding hydrogens is 242 g/mol. The van der Waals surface area contributed by atoms with Gasteiger partial charge in [-0.2, -0.15) is 0 Å². The molecule has 3 N–H and O–H groups in total. The van der Waals surface area contributed by atoms with Gasteiger partial charge in [0.05, 0.1) is 0 Å². The molecule has 1 fully saturated rings. The van der Waals surface area contributed by atoms with Crippen molar-refractivity contribution in [1.82, 2.24) is 4.90 Å². The summed E-state index contributed by atoms with van der Waals surface area (Å²) < 4.78 is 0. The summed E-state index contributed by atoms with van der Waals surface area (Å²) in [6, 6.07) is 10.1. The average Bonchev–Trinajstić information content (AvgIpc) is 3.24. The maximum Gasteiger partial charge on any atom is 0.226 e. The Kier molecular flexibility index (Phi) is 4.04. The predicted octanol–water partition coefficient (Wildman–Crippen LogP) is 1.38. The monoisotopic (exact) mass is 261 g/mol. The van der Waals surface area contributed by atoms with Gasteiger partial charge in [0.15, 0.2) is 0 Å². The number of rotatable bonds is 5. The van der Waals surface area contributed by atoms with Crippen molar-refractivity contribution in [3.8, 4) is 0 Å². The van der Waals surface area contributed by atoms with Crippen LogP contribution < -0.4 is 5.73 Å². The van der Waals surface area contributed by atoms with Gasteiger partial charge in [-0.25, -0.2) is 0 Å². The van der Waals surface area contributed by atoms with Gasteiger partial charge in [-0.05, 0) is 17.9 Å². The molecule has 1 amide bonds. The van der Waals surface area contributed by atoms with Crippen molar-refractivity contribution in [2.24, 2.45) is 16.8 Å². The number of hydrogen-bond acceptors (Lipinski definition) is 3. The molecule has 1 aliphatic carbocycles. The van der Waals surface area contributed by atoms with Crippen LogP contribution in [0, 0.1) is 5.92 Å². The molecular formula is C14H19N3O2. The molecule has 0 bridgehead atoms. The number of carbonyl (C=O) groups is 1. The topological polar surface area (TPSA) is 78.9 Å². The van der Waals surface area contributed by atoms with Gasteiger partial charge in [-0.1, -0.05) is 35.5 Å². The summed E-state index contributed by atoms with van der Waals surface area (Å²) in [5, 5.41) is 11.4. The van der Waals surface area contributed by atoms with Crippen LogP contribution in [0.1, 0.15) is 24.3 Å².